The Labute approximate surface area is 543 Å². The molecule has 0 aliphatic carbocycles. The van der Waals surface area contributed by atoms with Crippen molar-refractivity contribution in [3.63, 3.8) is 0 Å². The van der Waals surface area contributed by atoms with E-state index in [0.29, 0.717) is 31.6 Å². The number of aliphatic hydroxyl groups is 1. The van der Waals surface area contributed by atoms with Crippen molar-refractivity contribution in [3.8, 4) is 0 Å². The maximum Gasteiger partial charge on any atom is 0.472 e. The molecule has 19 heteroatoms. The fourth-order valence-corrected chi connectivity index (χ4v) is 12.0. The molecule has 0 aromatic rings. The zero-order valence-corrected chi connectivity index (χ0v) is 59.8. The van der Waals surface area contributed by atoms with Gasteiger partial charge < -0.3 is 33.8 Å². The average Bonchev–Trinajstić information content (AvgIpc) is 3.71. The van der Waals surface area contributed by atoms with E-state index in [1.54, 1.807) is 0 Å². The van der Waals surface area contributed by atoms with Crippen LogP contribution >= 0.6 is 15.6 Å². The number of hydrogen-bond donors (Lipinski definition) is 3. The third-order valence-electron chi connectivity index (χ3n) is 16.8. The van der Waals surface area contributed by atoms with Gasteiger partial charge in [-0.05, 0) is 49.4 Å². The van der Waals surface area contributed by atoms with E-state index >= 15 is 0 Å². The highest BCUT2D eigenvalue weighted by atomic mass is 31.2. The van der Waals surface area contributed by atoms with Crippen LogP contribution in [0.5, 0.6) is 0 Å². The van der Waals surface area contributed by atoms with E-state index < -0.39 is 97.5 Å². The molecule has 0 saturated heterocycles. The second kappa shape index (κ2) is 59.8. The summed E-state index contributed by atoms with van der Waals surface area (Å²) in [6.07, 6.45) is 41.7. The predicted molar refractivity (Wildman–Crippen MR) is 358 cm³/mol. The number of rotatable bonds is 67. The van der Waals surface area contributed by atoms with Gasteiger partial charge in [0.25, 0.3) is 0 Å². The molecule has 0 fully saturated rings. The lowest BCUT2D eigenvalue weighted by Crippen LogP contribution is -2.30. The van der Waals surface area contributed by atoms with Gasteiger partial charge in [0, 0.05) is 25.7 Å². The van der Waals surface area contributed by atoms with Crippen LogP contribution < -0.4 is 0 Å². The maximum atomic E-state index is 13.0. The molecule has 0 rings (SSSR count). The van der Waals surface area contributed by atoms with Crippen LogP contribution in [0.25, 0.3) is 0 Å². The van der Waals surface area contributed by atoms with Crippen molar-refractivity contribution in [1.82, 2.24) is 0 Å². The van der Waals surface area contributed by atoms with E-state index in [4.69, 9.17) is 37.0 Å². The van der Waals surface area contributed by atoms with Crippen molar-refractivity contribution in [1.29, 1.82) is 0 Å². The van der Waals surface area contributed by atoms with Gasteiger partial charge in [-0.25, -0.2) is 9.13 Å². The van der Waals surface area contributed by atoms with E-state index in [1.807, 2.05) is 0 Å². The van der Waals surface area contributed by atoms with Gasteiger partial charge in [0.2, 0.25) is 0 Å². The third kappa shape index (κ3) is 62.0. The second-order valence-electron chi connectivity index (χ2n) is 26.7. The lowest BCUT2D eigenvalue weighted by Gasteiger charge is -2.21. The van der Waals surface area contributed by atoms with Gasteiger partial charge in [-0.1, -0.05) is 293 Å². The molecule has 89 heavy (non-hydrogen) atoms. The number of carbonyl (C=O) groups is 4. The molecule has 0 radical (unpaired) electrons. The number of hydrogen-bond acceptors (Lipinski definition) is 15. The normalized spacial score (nSPS) is 14.9. The molecule has 0 aromatic heterocycles. The van der Waals surface area contributed by atoms with Crippen molar-refractivity contribution in [2.45, 2.75) is 363 Å². The summed E-state index contributed by atoms with van der Waals surface area (Å²) >= 11 is 0. The number of phosphoric acid groups is 2. The number of esters is 4. The molecule has 0 heterocycles. The molecule has 0 aromatic carbocycles. The first kappa shape index (κ1) is 87.1. The lowest BCUT2D eigenvalue weighted by molar-refractivity contribution is -0.161. The van der Waals surface area contributed by atoms with Crippen molar-refractivity contribution in [2.75, 3.05) is 39.6 Å². The number of carbonyl (C=O) groups excluding carboxylic acids is 4. The SMILES string of the molecule is CCC(C)CCCCCCCCCCCCC(=O)O[C@H](COC(=O)CCCCCCCCCC(C)C)COP(=O)(O)OCC(O)COP(=O)(O)OC[C@@H](COC(=O)CCCCCCCCCCCCCCC(C)C)OC(=O)CCCCCCCCC(C)CC. The Bertz CT molecular complexity index is 1770. The Hall–Kier alpha value is -1.94. The molecule has 3 N–H and O–H groups in total. The summed E-state index contributed by atoms with van der Waals surface area (Å²) in [6.45, 7) is 14.1. The fraction of sp³-hybridized carbons (Fsp3) is 0.943. The largest absolute Gasteiger partial charge is 0.472 e. The van der Waals surface area contributed by atoms with Crippen LogP contribution in [0.4, 0.5) is 0 Å². The molecule has 0 amide bonds. The molecular formula is C70H136O17P2. The highest BCUT2D eigenvalue weighted by Crippen LogP contribution is 2.45. The summed E-state index contributed by atoms with van der Waals surface area (Å²) in [7, 11) is -9.90. The molecule has 0 spiro atoms. The van der Waals surface area contributed by atoms with Crippen LogP contribution in [0, 0.1) is 23.7 Å². The number of aliphatic hydroxyl groups excluding tert-OH is 1. The van der Waals surface area contributed by atoms with Crippen molar-refractivity contribution in [3.05, 3.63) is 0 Å². The number of unbranched alkanes of at least 4 members (excludes halogenated alkanes) is 31. The third-order valence-corrected chi connectivity index (χ3v) is 18.7. The first-order valence-corrected chi connectivity index (χ1v) is 39.3. The predicted octanol–water partition coefficient (Wildman–Crippen LogP) is 19.7. The monoisotopic (exact) mass is 1310 g/mol. The molecular weight excluding hydrogens is 1170 g/mol. The van der Waals surface area contributed by atoms with Crippen LogP contribution in [0.2, 0.25) is 0 Å². The van der Waals surface area contributed by atoms with Crippen LogP contribution in [0.3, 0.4) is 0 Å². The van der Waals surface area contributed by atoms with Gasteiger partial charge in [0.15, 0.2) is 12.2 Å². The van der Waals surface area contributed by atoms with E-state index in [1.165, 1.54) is 141 Å². The number of ether oxygens (including phenoxy) is 4. The summed E-state index contributed by atoms with van der Waals surface area (Å²) in [5, 5.41) is 10.6. The van der Waals surface area contributed by atoms with Gasteiger partial charge in [0.05, 0.1) is 26.4 Å². The Morgan fingerprint density at radius 1 is 0.315 bits per heavy atom. The van der Waals surface area contributed by atoms with Gasteiger partial charge in [0.1, 0.15) is 19.3 Å². The summed E-state index contributed by atoms with van der Waals surface area (Å²) in [4.78, 5) is 72.5. The minimum Gasteiger partial charge on any atom is -0.462 e. The molecule has 528 valence electrons. The van der Waals surface area contributed by atoms with Crippen LogP contribution in [-0.2, 0) is 65.4 Å². The average molecular weight is 1310 g/mol. The first-order chi connectivity index (χ1) is 42.7. The van der Waals surface area contributed by atoms with E-state index in [0.717, 1.165) is 114 Å². The second-order valence-corrected chi connectivity index (χ2v) is 29.6. The molecule has 0 aliphatic rings. The van der Waals surface area contributed by atoms with Gasteiger partial charge in [-0.3, -0.25) is 37.3 Å². The summed E-state index contributed by atoms with van der Waals surface area (Å²) in [5.74, 6) is 0.878. The van der Waals surface area contributed by atoms with Gasteiger partial charge in [-0.2, -0.15) is 0 Å². The van der Waals surface area contributed by atoms with Crippen LogP contribution in [-0.4, -0.2) is 96.7 Å². The van der Waals surface area contributed by atoms with Crippen LogP contribution in [0.1, 0.15) is 344 Å². The summed E-state index contributed by atoms with van der Waals surface area (Å²) < 4.78 is 68.3. The zero-order valence-electron chi connectivity index (χ0n) is 58.1. The molecule has 5 unspecified atom stereocenters. The lowest BCUT2D eigenvalue weighted by atomic mass is 9.99. The standard InChI is InChI=1S/C70H136O17P2/c1-9-62(7)48-40-32-24-18-15-16-20-26-36-44-52-69(74)86-65(56-81-68(73)51-43-35-27-21-23-31-39-47-61(5)6)58-84-88(76,77)82-54-64(71)55-83-89(78,79)85-59-66(87-70(75)53-45-37-29-28-33-41-49-63(8)10-2)57-80-67(72)50-42-34-25-19-14-12-11-13-17-22-30-38-46-60(3)4/h60-66,71H,9-59H2,1-8H3,(H,76,77)(H,78,79)/t62?,63?,64?,65-,66-/m1/s1. The minimum atomic E-state index is -4.95. The summed E-state index contributed by atoms with van der Waals surface area (Å²) in [5.41, 5.74) is 0. The molecule has 0 aliphatic heterocycles. The first-order valence-electron chi connectivity index (χ1n) is 36.3. The highest BCUT2D eigenvalue weighted by Gasteiger charge is 2.30. The zero-order chi connectivity index (χ0) is 66.1. The van der Waals surface area contributed by atoms with Crippen LogP contribution in [0.15, 0.2) is 0 Å². The van der Waals surface area contributed by atoms with Crippen molar-refractivity contribution in [2.24, 2.45) is 23.7 Å². The Morgan fingerprint density at radius 2 is 0.539 bits per heavy atom. The fourth-order valence-electron chi connectivity index (χ4n) is 10.4. The maximum absolute atomic E-state index is 13.0. The van der Waals surface area contributed by atoms with E-state index in [2.05, 4.69) is 55.4 Å². The van der Waals surface area contributed by atoms with Crippen molar-refractivity contribution >= 4 is 39.5 Å². The Balaban J connectivity index is 5.24. The van der Waals surface area contributed by atoms with E-state index in [-0.39, 0.29) is 25.7 Å². The topological polar surface area (TPSA) is 237 Å². The quantitative estimate of drug-likeness (QED) is 0.0222. The Morgan fingerprint density at radius 3 is 0.798 bits per heavy atom. The number of phosphoric ester groups is 2. The van der Waals surface area contributed by atoms with Crippen molar-refractivity contribution < 1.29 is 80.2 Å². The highest BCUT2D eigenvalue weighted by molar-refractivity contribution is 7.47. The van der Waals surface area contributed by atoms with Gasteiger partial charge in [-0.15, -0.1) is 0 Å². The minimum absolute atomic E-state index is 0.102. The Kier molecular flexibility index (Phi) is 58.5. The smallest absolute Gasteiger partial charge is 0.462 e. The molecule has 17 nitrogen and oxygen atoms in total. The molecule has 0 bridgehead atoms. The molecule has 7 atom stereocenters. The van der Waals surface area contributed by atoms with Gasteiger partial charge >= 0.3 is 39.5 Å². The molecule has 0 saturated carbocycles. The summed E-state index contributed by atoms with van der Waals surface area (Å²) in [6, 6.07) is 0. The van der Waals surface area contributed by atoms with E-state index in [9.17, 15) is 43.2 Å².